The molecular formula is C16H28N4. The Morgan fingerprint density at radius 1 is 1.45 bits per heavy atom. The normalized spacial score (nSPS) is 21.5. The summed E-state index contributed by atoms with van der Waals surface area (Å²) in [6.07, 6.45) is 4.59. The Bertz CT molecular complexity index is 401. The van der Waals surface area contributed by atoms with Crippen molar-refractivity contribution in [1.29, 1.82) is 0 Å². The predicted molar refractivity (Wildman–Crippen MR) is 86.5 cm³/mol. The zero-order valence-electron chi connectivity index (χ0n) is 13.3. The summed E-state index contributed by atoms with van der Waals surface area (Å²) in [4.78, 5) is 9.04. The molecule has 0 saturated carbocycles. The zero-order valence-corrected chi connectivity index (χ0v) is 13.3. The van der Waals surface area contributed by atoms with Gasteiger partial charge in [0.05, 0.1) is 11.9 Å². The van der Waals surface area contributed by atoms with Crippen LogP contribution in [-0.2, 0) is 0 Å². The molecule has 4 nitrogen and oxygen atoms in total. The molecule has 0 spiro atoms. The van der Waals surface area contributed by atoms with E-state index in [1.165, 1.54) is 32.5 Å². The van der Waals surface area contributed by atoms with Gasteiger partial charge in [-0.15, -0.1) is 0 Å². The van der Waals surface area contributed by atoms with Gasteiger partial charge in [0.15, 0.2) is 0 Å². The lowest BCUT2D eigenvalue weighted by Crippen LogP contribution is -2.41. The lowest BCUT2D eigenvalue weighted by Gasteiger charge is -2.35. The fraction of sp³-hybridized carbons (Fsp3) is 0.688. The number of aromatic nitrogens is 1. The minimum Gasteiger partial charge on any atom is -0.381 e. The fourth-order valence-corrected chi connectivity index (χ4v) is 2.90. The fourth-order valence-electron chi connectivity index (χ4n) is 2.90. The second-order valence-corrected chi connectivity index (χ2v) is 6.03. The minimum atomic E-state index is 0.497. The Morgan fingerprint density at radius 2 is 2.25 bits per heavy atom. The summed E-state index contributed by atoms with van der Waals surface area (Å²) in [5, 5.41) is 3.61. The monoisotopic (exact) mass is 276 g/mol. The molecule has 1 N–H and O–H groups in total. The van der Waals surface area contributed by atoms with Crippen molar-refractivity contribution in [2.24, 2.45) is 5.92 Å². The molecule has 2 atom stereocenters. The van der Waals surface area contributed by atoms with Crippen molar-refractivity contribution in [3.63, 3.8) is 0 Å². The Labute approximate surface area is 123 Å². The van der Waals surface area contributed by atoms with E-state index in [1.807, 2.05) is 25.2 Å². The number of pyridine rings is 1. The standard InChI is InChI=1S/C16H28N4/c1-5-20-10-6-7-14(12-20)13(2)18-15-8-9-16(17-11-15)19(3)4/h8-9,11,13-14,18H,5-7,10,12H2,1-4H3. The molecule has 2 heterocycles. The van der Waals surface area contributed by atoms with Crippen LogP contribution >= 0.6 is 0 Å². The number of nitrogens with one attached hydrogen (secondary N) is 1. The molecular weight excluding hydrogens is 248 g/mol. The summed E-state index contributed by atoms with van der Waals surface area (Å²) in [6, 6.07) is 4.68. The van der Waals surface area contributed by atoms with Gasteiger partial charge in [-0.1, -0.05) is 6.92 Å². The van der Waals surface area contributed by atoms with Crippen molar-refractivity contribution in [1.82, 2.24) is 9.88 Å². The smallest absolute Gasteiger partial charge is 0.128 e. The van der Waals surface area contributed by atoms with Gasteiger partial charge in [-0.2, -0.15) is 0 Å². The van der Waals surface area contributed by atoms with Gasteiger partial charge in [0.1, 0.15) is 5.82 Å². The summed E-state index contributed by atoms with van der Waals surface area (Å²) in [7, 11) is 4.03. The highest BCUT2D eigenvalue weighted by Gasteiger charge is 2.23. The molecule has 1 fully saturated rings. The first-order valence-electron chi connectivity index (χ1n) is 7.72. The lowest BCUT2D eigenvalue weighted by atomic mass is 9.91. The number of rotatable bonds is 5. The number of nitrogens with zero attached hydrogens (tertiary/aromatic N) is 3. The van der Waals surface area contributed by atoms with E-state index in [9.17, 15) is 0 Å². The van der Waals surface area contributed by atoms with Crippen molar-refractivity contribution in [2.45, 2.75) is 32.7 Å². The van der Waals surface area contributed by atoms with Crippen LogP contribution in [0.3, 0.4) is 0 Å². The quantitative estimate of drug-likeness (QED) is 0.896. The van der Waals surface area contributed by atoms with Crippen molar-refractivity contribution < 1.29 is 0 Å². The molecule has 1 aliphatic heterocycles. The molecule has 0 bridgehead atoms. The van der Waals surface area contributed by atoms with Gasteiger partial charge in [-0.05, 0) is 50.9 Å². The van der Waals surface area contributed by atoms with Gasteiger partial charge in [0, 0.05) is 26.7 Å². The van der Waals surface area contributed by atoms with Gasteiger partial charge in [0.25, 0.3) is 0 Å². The van der Waals surface area contributed by atoms with Gasteiger partial charge in [-0.3, -0.25) is 0 Å². The first-order valence-corrected chi connectivity index (χ1v) is 7.72. The molecule has 0 aromatic carbocycles. The van der Waals surface area contributed by atoms with Crippen molar-refractivity contribution in [2.75, 3.05) is 43.9 Å². The Kier molecular flexibility index (Phi) is 5.24. The maximum Gasteiger partial charge on any atom is 0.128 e. The first kappa shape index (κ1) is 15.1. The van der Waals surface area contributed by atoms with Crippen LogP contribution in [0.4, 0.5) is 11.5 Å². The highest BCUT2D eigenvalue weighted by Crippen LogP contribution is 2.22. The van der Waals surface area contributed by atoms with E-state index in [1.54, 1.807) is 0 Å². The van der Waals surface area contributed by atoms with Crippen LogP contribution in [-0.4, -0.2) is 49.7 Å². The van der Waals surface area contributed by atoms with Crippen LogP contribution in [0.15, 0.2) is 18.3 Å². The molecule has 1 aromatic heterocycles. The average Bonchev–Trinajstić information content (AvgIpc) is 2.47. The number of hydrogen-bond donors (Lipinski definition) is 1. The molecule has 2 unspecified atom stereocenters. The SMILES string of the molecule is CCN1CCCC(C(C)Nc2ccc(N(C)C)nc2)C1. The molecule has 2 rings (SSSR count). The maximum atomic E-state index is 4.46. The average molecular weight is 276 g/mol. The Balaban J connectivity index is 1.91. The van der Waals surface area contributed by atoms with Crippen LogP contribution in [0.25, 0.3) is 0 Å². The Hall–Kier alpha value is -1.29. The summed E-state index contributed by atoms with van der Waals surface area (Å²) in [6.45, 7) is 8.20. The van der Waals surface area contributed by atoms with E-state index in [4.69, 9.17) is 0 Å². The van der Waals surface area contributed by atoms with E-state index in [0.717, 1.165) is 17.4 Å². The summed E-state index contributed by atoms with van der Waals surface area (Å²) in [5.41, 5.74) is 1.12. The number of anilines is 2. The molecule has 0 radical (unpaired) electrons. The van der Waals surface area contributed by atoms with Gasteiger partial charge < -0.3 is 15.1 Å². The highest BCUT2D eigenvalue weighted by molar-refractivity contribution is 5.48. The maximum absolute atomic E-state index is 4.46. The molecule has 1 aliphatic rings. The Morgan fingerprint density at radius 3 is 2.85 bits per heavy atom. The molecule has 1 aromatic rings. The molecule has 0 aliphatic carbocycles. The zero-order chi connectivity index (χ0) is 14.5. The van der Waals surface area contributed by atoms with E-state index < -0.39 is 0 Å². The summed E-state index contributed by atoms with van der Waals surface area (Å²) in [5.74, 6) is 1.73. The van der Waals surface area contributed by atoms with Crippen LogP contribution in [0, 0.1) is 5.92 Å². The number of piperidine rings is 1. The third-order valence-corrected chi connectivity index (χ3v) is 4.30. The van der Waals surface area contributed by atoms with Crippen LogP contribution in [0.1, 0.15) is 26.7 Å². The summed E-state index contributed by atoms with van der Waals surface area (Å²) >= 11 is 0. The van der Waals surface area contributed by atoms with Gasteiger partial charge in [-0.25, -0.2) is 4.98 Å². The summed E-state index contributed by atoms with van der Waals surface area (Å²) < 4.78 is 0. The van der Waals surface area contributed by atoms with Crippen molar-refractivity contribution in [3.05, 3.63) is 18.3 Å². The molecule has 20 heavy (non-hydrogen) atoms. The predicted octanol–water partition coefficient (Wildman–Crippen LogP) is 2.68. The lowest BCUT2D eigenvalue weighted by molar-refractivity contribution is 0.172. The first-order chi connectivity index (χ1) is 9.60. The second-order valence-electron chi connectivity index (χ2n) is 6.03. The van der Waals surface area contributed by atoms with Crippen LogP contribution < -0.4 is 10.2 Å². The molecule has 4 heteroatoms. The van der Waals surface area contributed by atoms with Crippen molar-refractivity contribution >= 4 is 11.5 Å². The van der Waals surface area contributed by atoms with Gasteiger partial charge >= 0.3 is 0 Å². The van der Waals surface area contributed by atoms with Gasteiger partial charge in [0.2, 0.25) is 0 Å². The van der Waals surface area contributed by atoms with E-state index in [2.05, 4.69) is 41.2 Å². The largest absolute Gasteiger partial charge is 0.381 e. The van der Waals surface area contributed by atoms with E-state index in [-0.39, 0.29) is 0 Å². The third-order valence-electron chi connectivity index (χ3n) is 4.30. The highest BCUT2D eigenvalue weighted by atomic mass is 15.1. The third kappa shape index (κ3) is 3.85. The van der Waals surface area contributed by atoms with Crippen LogP contribution in [0.2, 0.25) is 0 Å². The van der Waals surface area contributed by atoms with E-state index >= 15 is 0 Å². The molecule has 1 saturated heterocycles. The van der Waals surface area contributed by atoms with E-state index in [0.29, 0.717) is 6.04 Å². The molecule has 0 amide bonds. The van der Waals surface area contributed by atoms with Crippen LogP contribution in [0.5, 0.6) is 0 Å². The second kappa shape index (κ2) is 6.93. The number of hydrogen-bond acceptors (Lipinski definition) is 4. The molecule has 112 valence electrons. The minimum absolute atomic E-state index is 0.497. The number of likely N-dealkylation sites (tertiary alicyclic amines) is 1. The topological polar surface area (TPSA) is 31.4 Å². The van der Waals surface area contributed by atoms with Crippen molar-refractivity contribution in [3.8, 4) is 0 Å².